The van der Waals surface area contributed by atoms with Gasteiger partial charge in [-0.1, -0.05) is 30.3 Å². The van der Waals surface area contributed by atoms with Gasteiger partial charge in [-0.15, -0.1) is 0 Å². The second-order valence-electron chi connectivity index (χ2n) is 2.20. The quantitative estimate of drug-likeness (QED) is 0.682. The summed E-state index contributed by atoms with van der Waals surface area (Å²) in [4.78, 5) is 0. The third-order valence-corrected chi connectivity index (χ3v) is 1.42. The van der Waals surface area contributed by atoms with Crippen LogP contribution in [0.1, 0.15) is 11.6 Å². The predicted molar refractivity (Wildman–Crippen MR) is 40.5 cm³/mol. The van der Waals surface area contributed by atoms with Crippen LogP contribution in [0.2, 0.25) is 0 Å². The minimum atomic E-state index is -0.235. The molecule has 0 aliphatic heterocycles. The van der Waals surface area contributed by atoms with Crippen LogP contribution < -0.4 is 5.73 Å². The number of hydrogen-bond acceptors (Lipinski definition) is 2. The van der Waals surface area contributed by atoms with Crippen LogP contribution in [0.4, 0.5) is 0 Å². The van der Waals surface area contributed by atoms with Gasteiger partial charge in [0, 0.05) is 16.5 Å². The summed E-state index contributed by atoms with van der Waals surface area (Å²) in [6, 6.07) is 9.31. The third kappa shape index (κ3) is 3.02. The Kier molecular flexibility index (Phi) is 5.13. The summed E-state index contributed by atoms with van der Waals surface area (Å²) in [5.74, 6) is 0. The maximum atomic E-state index is 8.66. The third-order valence-electron chi connectivity index (χ3n) is 1.42. The van der Waals surface area contributed by atoms with Crippen molar-refractivity contribution >= 4 is 0 Å². The van der Waals surface area contributed by atoms with Crippen molar-refractivity contribution in [3.05, 3.63) is 35.9 Å². The van der Waals surface area contributed by atoms with Crippen molar-refractivity contribution in [1.29, 1.82) is 0 Å². The van der Waals surface area contributed by atoms with Crippen molar-refractivity contribution in [1.82, 2.24) is 0 Å². The molecule has 0 aliphatic rings. The number of nitrogens with two attached hydrogens (primary N) is 1. The molecule has 0 fully saturated rings. The molecule has 1 atom stereocenters. The van der Waals surface area contributed by atoms with E-state index in [0.717, 1.165) is 5.56 Å². The molecule has 0 aromatic heterocycles. The molecule has 0 spiro atoms. The predicted octanol–water partition coefficient (Wildman–Crippen LogP) is 0.676. The van der Waals surface area contributed by atoms with E-state index in [1.807, 2.05) is 30.3 Å². The van der Waals surface area contributed by atoms with Gasteiger partial charge in [0.25, 0.3) is 0 Å². The summed E-state index contributed by atoms with van der Waals surface area (Å²) < 4.78 is 0. The summed E-state index contributed by atoms with van der Waals surface area (Å²) >= 11 is 0. The fraction of sp³-hybridized carbons (Fsp3) is 0.250. The average molecular weight is 196 g/mol. The van der Waals surface area contributed by atoms with Crippen molar-refractivity contribution in [3.63, 3.8) is 0 Å². The Morgan fingerprint density at radius 3 is 2.27 bits per heavy atom. The Bertz CT molecular complexity index is 191. The maximum Gasteiger partial charge on any atom is 0.0624 e. The zero-order valence-electron chi connectivity index (χ0n) is 6.01. The van der Waals surface area contributed by atoms with Gasteiger partial charge < -0.3 is 10.8 Å². The van der Waals surface area contributed by atoms with Gasteiger partial charge in [-0.05, 0) is 5.56 Å². The van der Waals surface area contributed by atoms with E-state index in [1.165, 1.54) is 0 Å². The molecule has 1 unspecified atom stereocenters. The molecule has 1 aromatic rings. The van der Waals surface area contributed by atoms with Crippen LogP contribution in [-0.2, 0) is 16.5 Å². The van der Waals surface area contributed by atoms with Crippen molar-refractivity contribution in [2.24, 2.45) is 5.73 Å². The van der Waals surface area contributed by atoms with E-state index in [9.17, 15) is 0 Å². The smallest absolute Gasteiger partial charge is 0.0624 e. The number of aliphatic hydroxyl groups excluding tert-OH is 1. The number of benzene rings is 1. The zero-order chi connectivity index (χ0) is 7.40. The van der Waals surface area contributed by atoms with Crippen molar-refractivity contribution in [3.8, 4) is 0 Å². The molecule has 0 radical (unpaired) electrons. The molecule has 0 heterocycles. The van der Waals surface area contributed by atoms with E-state index >= 15 is 0 Å². The molecule has 1 rings (SSSR count). The second-order valence-corrected chi connectivity index (χ2v) is 2.20. The van der Waals surface area contributed by atoms with Gasteiger partial charge in [0.05, 0.1) is 12.6 Å². The Balaban J connectivity index is 0.000001000. The van der Waals surface area contributed by atoms with Crippen LogP contribution in [0.5, 0.6) is 0 Å². The van der Waals surface area contributed by atoms with Gasteiger partial charge in [0.2, 0.25) is 0 Å². The summed E-state index contributed by atoms with van der Waals surface area (Å²) in [5.41, 5.74) is 6.52. The molecular weight excluding hydrogens is 185 g/mol. The summed E-state index contributed by atoms with van der Waals surface area (Å²) in [6.45, 7) is 0.00398. The SMILES string of the molecule is NC(CO)c1ccccc1.[Ni]. The number of hydrogen-bond donors (Lipinski definition) is 2. The first-order valence-corrected chi connectivity index (χ1v) is 3.26. The van der Waals surface area contributed by atoms with Crippen LogP contribution in [0, 0.1) is 0 Å². The Morgan fingerprint density at radius 2 is 1.82 bits per heavy atom. The summed E-state index contributed by atoms with van der Waals surface area (Å²) in [6.07, 6.45) is 0. The minimum absolute atomic E-state index is 0. The van der Waals surface area contributed by atoms with Crippen molar-refractivity contribution in [2.45, 2.75) is 6.04 Å². The van der Waals surface area contributed by atoms with Crippen LogP contribution in [0.3, 0.4) is 0 Å². The molecule has 0 saturated heterocycles. The van der Waals surface area contributed by atoms with Crippen LogP contribution >= 0.6 is 0 Å². The van der Waals surface area contributed by atoms with Gasteiger partial charge >= 0.3 is 0 Å². The average Bonchev–Trinajstić information content (AvgIpc) is 2.05. The first-order valence-electron chi connectivity index (χ1n) is 3.26. The topological polar surface area (TPSA) is 46.2 Å². The fourth-order valence-electron chi connectivity index (χ4n) is 0.806. The van der Waals surface area contributed by atoms with Gasteiger partial charge in [-0.25, -0.2) is 0 Å². The molecule has 3 heteroatoms. The van der Waals surface area contributed by atoms with Gasteiger partial charge in [-0.2, -0.15) is 0 Å². The van der Waals surface area contributed by atoms with Gasteiger partial charge in [-0.3, -0.25) is 0 Å². The number of rotatable bonds is 2. The van der Waals surface area contributed by atoms with E-state index in [-0.39, 0.29) is 29.1 Å². The van der Waals surface area contributed by atoms with Gasteiger partial charge in [0.1, 0.15) is 0 Å². The van der Waals surface area contributed by atoms with Crippen molar-refractivity contribution in [2.75, 3.05) is 6.61 Å². The first-order chi connectivity index (χ1) is 4.84. The van der Waals surface area contributed by atoms with Crippen molar-refractivity contribution < 1.29 is 21.6 Å². The Labute approximate surface area is 76.3 Å². The normalized spacial score (nSPS) is 11.8. The monoisotopic (exact) mass is 195 g/mol. The standard InChI is InChI=1S/C8H11NO.Ni/c9-8(6-10)7-4-2-1-3-5-7;/h1-5,8,10H,6,9H2;. The summed E-state index contributed by atoms with van der Waals surface area (Å²) in [5, 5.41) is 8.66. The Hall–Kier alpha value is -0.366. The molecule has 11 heavy (non-hydrogen) atoms. The maximum absolute atomic E-state index is 8.66. The fourth-order valence-corrected chi connectivity index (χ4v) is 0.806. The minimum Gasteiger partial charge on any atom is -0.394 e. The molecule has 3 N–H and O–H groups in total. The molecule has 0 amide bonds. The molecule has 0 aliphatic carbocycles. The van der Waals surface area contributed by atoms with E-state index in [2.05, 4.69) is 0 Å². The first kappa shape index (κ1) is 10.6. The van der Waals surface area contributed by atoms with Crippen LogP contribution in [0.15, 0.2) is 30.3 Å². The molecule has 2 nitrogen and oxygen atoms in total. The summed E-state index contributed by atoms with van der Waals surface area (Å²) in [7, 11) is 0. The molecule has 64 valence electrons. The Morgan fingerprint density at radius 1 is 1.27 bits per heavy atom. The molecule has 1 aromatic carbocycles. The zero-order valence-corrected chi connectivity index (χ0v) is 7.00. The van der Waals surface area contributed by atoms with E-state index in [1.54, 1.807) is 0 Å². The van der Waals surface area contributed by atoms with E-state index in [4.69, 9.17) is 10.8 Å². The van der Waals surface area contributed by atoms with E-state index in [0.29, 0.717) is 0 Å². The molecule has 0 saturated carbocycles. The number of aliphatic hydroxyl groups is 1. The molecule has 0 bridgehead atoms. The largest absolute Gasteiger partial charge is 0.394 e. The van der Waals surface area contributed by atoms with Crippen LogP contribution in [0.25, 0.3) is 0 Å². The van der Waals surface area contributed by atoms with Gasteiger partial charge in [0.15, 0.2) is 0 Å². The van der Waals surface area contributed by atoms with Crippen LogP contribution in [-0.4, -0.2) is 11.7 Å². The van der Waals surface area contributed by atoms with E-state index < -0.39 is 0 Å². The second kappa shape index (κ2) is 5.31. The molecular formula is C8H11NNiO.